The van der Waals surface area contributed by atoms with Crippen molar-refractivity contribution in [1.29, 1.82) is 0 Å². The zero-order valence-electron chi connectivity index (χ0n) is 10.8. The van der Waals surface area contributed by atoms with Crippen molar-refractivity contribution in [2.45, 2.75) is 19.3 Å². The first kappa shape index (κ1) is 14.0. The van der Waals surface area contributed by atoms with Crippen LogP contribution in [0.25, 0.3) is 0 Å². The summed E-state index contributed by atoms with van der Waals surface area (Å²) in [5.74, 6) is -1.40. The lowest BCUT2D eigenvalue weighted by molar-refractivity contribution is -0.136. The zero-order chi connectivity index (χ0) is 14.5. The van der Waals surface area contributed by atoms with Gasteiger partial charge in [0, 0.05) is 13.0 Å². The van der Waals surface area contributed by atoms with Gasteiger partial charge in [-0.25, -0.2) is 0 Å². The molecule has 20 heavy (non-hydrogen) atoms. The van der Waals surface area contributed by atoms with Crippen molar-refractivity contribution in [3.63, 3.8) is 0 Å². The van der Waals surface area contributed by atoms with Gasteiger partial charge in [0.25, 0.3) is 0 Å². The van der Waals surface area contributed by atoms with E-state index in [1.807, 2.05) is 0 Å². The molecule has 0 saturated carbocycles. The van der Waals surface area contributed by atoms with Gasteiger partial charge < -0.3 is 15.7 Å². The van der Waals surface area contributed by atoms with Crippen LogP contribution in [0.5, 0.6) is 0 Å². The molecule has 0 aliphatic carbocycles. The van der Waals surface area contributed by atoms with Gasteiger partial charge in [-0.05, 0) is 18.6 Å². The molecule has 1 atom stereocenters. The van der Waals surface area contributed by atoms with Gasteiger partial charge in [-0.2, -0.15) is 0 Å². The number of aromatic nitrogens is 1. The molecule has 1 unspecified atom stereocenters. The molecule has 1 aromatic heterocycles. The minimum Gasteiger partial charge on any atom is -0.481 e. The number of anilines is 1. The van der Waals surface area contributed by atoms with Crippen LogP contribution in [0.3, 0.4) is 0 Å². The van der Waals surface area contributed by atoms with E-state index >= 15 is 0 Å². The zero-order valence-corrected chi connectivity index (χ0v) is 10.8. The van der Waals surface area contributed by atoms with E-state index in [4.69, 9.17) is 5.11 Å². The Bertz CT molecular complexity index is 517. The summed E-state index contributed by atoms with van der Waals surface area (Å²) in [6.07, 6.45) is 2.16. The average Bonchev–Trinajstić information content (AvgIpc) is 2.41. The molecule has 3 N–H and O–H groups in total. The monoisotopic (exact) mass is 277 g/mol. The van der Waals surface area contributed by atoms with Gasteiger partial charge in [0.2, 0.25) is 11.8 Å². The molecule has 106 valence electrons. The Labute approximate surface area is 115 Å². The number of aliphatic carboxylic acids is 1. The summed E-state index contributed by atoms with van der Waals surface area (Å²) in [5.41, 5.74) is 0.946. The van der Waals surface area contributed by atoms with Crippen LogP contribution in [0.4, 0.5) is 5.69 Å². The quantitative estimate of drug-likeness (QED) is 0.727. The Morgan fingerprint density at radius 1 is 1.45 bits per heavy atom. The number of carboxylic acids is 1. The van der Waals surface area contributed by atoms with E-state index in [0.29, 0.717) is 30.8 Å². The standard InChI is InChI=1S/C13H15N3O4/c17-11-4-1-8(6-15-11)13(20)16-10-3-2-9(14-7-10)5-12(18)19/h2-3,7-8H,1,4-6H2,(H,15,17)(H,16,20)(H,18,19). The van der Waals surface area contributed by atoms with E-state index in [-0.39, 0.29) is 24.2 Å². The van der Waals surface area contributed by atoms with Crippen LogP contribution in [0.15, 0.2) is 18.3 Å². The van der Waals surface area contributed by atoms with Gasteiger partial charge in [0.05, 0.1) is 29.9 Å². The molecule has 0 aromatic carbocycles. The van der Waals surface area contributed by atoms with Gasteiger partial charge in [-0.1, -0.05) is 0 Å². The molecule has 1 aliphatic heterocycles. The van der Waals surface area contributed by atoms with Crippen molar-refractivity contribution in [1.82, 2.24) is 10.3 Å². The second-order valence-electron chi connectivity index (χ2n) is 4.64. The lowest BCUT2D eigenvalue weighted by Gasteiger charge is -2.21. The highest BCUT2D eigenvalue weighted by Crippen LogP contribution is 2.14. The third-order valence-electron chi connectivity index (χ3n) is 3.06. The van der Waals surface area contributed by atoms with E-state index in [1.54, 1.807) is 12.1 Å². The van der Waals surface area contributed by atoms with Crippen molar-refractivity contribution < 1.29 is 19.5 Å². The van der Waals surface area contributed by atoms with E-state index in [9.17, 15) is 14.4 Å². The first-order valence-corrected chi connectivity index (χ1v) is 6.29. The molecule has 1 fully saturated rings. The summed E-state index contributed by atoms with van der Waals surface area (Å²) in [4.78, 5) is 37.5. The molecule has 0 bridgehead atoms. The molecule has 2 amide bonds. The maximum Gasteiger partial charge on any atom is 0.309 e. The molecule has 1 aliphatic rings. The largest absolute Gasteiger partial charge is 0.481 e. The maximum atomic E-state index is 12.0. The third kappa shape index (κ3) is 3.78. The maximum absolute atomic E-state index is 12.0. The Balaban J connectivity index is 1.91. The van der Waals surface area contributed by atoms with Crippen LogP contribution >= 0.6 is 0 Å². The summed E-state index contributed by atoms with van der Waals surface area (Å²) >= 11 is 0. The summed E-state index contributed by atoms with van der Waals surface area (Å²) in [6, 6.07) is 3.18. The van der Waals surface area contributed by atoms with Gasteiger partial charge in [-0.15, -0.1) is 0 Å². The minimum atomic E-state index is -0.952. The molecular formula is C13H15N3O4. The van der Waals surface area contributed by atoms with Gasteiger partial charge in [0.1, 0.15) is 0 Å². The molecule has 1 saturated heterocycles. The molecular weight excluding hydrogens is 262 g/mol. The molecule has 0 radical (unpaired) electrons. The predicted molar refractivity (Wildman–Crippen MR) is 69.9 cm³/mol. The molecule has 7 heteroatoms. The smallest absolute Gasteiger partial charge is 0.309 e. The Hall–Kier alpha value is -2.44. The highest BCUT2D eigenvalue weighted by Gasteiger charge is 2.24. The molecule has 2 heterocycles. The van der Waals surface area contributed by atoms with Crippen LogP contribution in [0.1, 0.15) is 18.5 Å². The number of amides is 2. The number of carbonyl (C=O) groups is 3. The number of hydrogen-bond acceptors (Lipinski definition) is 4. The van der Waals surface area contributed by atoms with E-state index < -0.39 is 5.97 Å². The fraction of sp³-hybridized carbons (Fsp3) is 0.385. The van der Waals surface area contributed by atoms with E-state index in [0.717, 1.165) is 0 Å². The second kappa shape index (κ2) is 6.14. The van der Waals surface area contributed by atoms with Gasteiger partial charge in [0.15, 0.2) is 0 Å². The third-order valence-corrected chi connectivity index (χ3v) is 3.06. The van der Waals surface area contributed by atoms with Crippen LogP contribution < -0.4 is 10.6 Å². The van der Waals surface area contributed by atoms with Gasteiger partial charge in [-0.3, -0.25) is 19.4 Å². The van der Waals surface area contributed by atoms with Crippen molar-refractivity contribution in [3.05, 3.63) is 24.0 Å². The Morgan fingerprint density at radius 2 is 2.25 bits per heavy atom. The first-order valence-electron chi connectivity index (χ1n) is 6.29. The second-order valence-corrected chi connectivity index (χ2v) is 4.64. The molecule has 2 rings (SSSR count). The number of hydrogen-bond donors (Lipinski definition) is 3. The lowest BCUT2D eigenvalue weighted by Crippen LogP contribution is -2.40. The SMILES string of the molecule is O=C(O)Cc1ccc(NC(=O)C2CCC(=O)NC2)cn1. The fourth-order valence-corrected chi connectivity index (χ4v) is 1.96. The van der Waals surface area contributed by atoms with Crippen LogP contribution in [-0.4, -0.2) is 34.4 Å². The number of pyridine rings is 1. The van der Waals surface area contributed by atoms with Crippen LogP contribution in [-0.2, 0) is 20.8 Å². The van der Waals surface area contributed by atoms with E-state index in [1.165, 1.54) is 6.20 Å². The number of nitrogens with one attached hydrogen (secondary N) is 2. The molecule has 0 spiro atoms. The van der Waals surface area contributed by atoms with Crippen molar-refractivity contribution in [2.75, 3.05) is 11.9 Å². The highest BCUT2D eigenvalue weighted by molar-refractivity contribution is 5.93. The van der Waals surface area contributed by atoms with Gasteiger partial charge >= 0.3 is 5.97 Å². The summed E-state index contributed by atoms with van der Waals surface area (Å²) < 4.78 is 0. The van der Waals surface area contributed by atoms with Crippen LogP contribution in [0, 0.1) is 5.92 Å². The first-order chi connectivity index (χ1) is 9.54. The number of nitrogens with zero attached hydrogens (tertiary/aromatic N) is 1. The topological polar surface area (TPSA) is 108 Å². The summed E-state index contributed by atoms with van der Waals surface area (Å²) in [7, 11) is 0. The Kier molecular flexibility index (Phi) is 4.29. The normalized spacial score (nSPS) is 18.2. The van der Waals surface area contributed by atoms with Crippen LogP contribution in [0.2, 0.25) is 0 Å². The number of piperidine rings is 1. The van der Waals surface area contributed by atoms with Crippen molar-refractivity contribution >= 4 is 23.5 Å². The minimum absolute atomic E-state index is 0.0336. The summed E-state index contributed by atoms with van der Waals surface area (Å²) in [5, 5.41) is 14.0. The predicted octanol–water partition coefficient (Wildman–Crippen LogP) is 0.173. The summed E-state index contributed by atoms with van der Waals surface area (Å²) in [6.45, 7) is 0.342. The van der Waals surface area contributed by atoms with E-state index in [2.05, 4.69) is 15.6 Å². The lowest BCUT2D eigenvalue weighted by atomic mass is 9.98. The molecule has 1 aromatic rings. The molecule has 7 nitrogen and oxygen atoms in total. The highest BCUT2D eigenvalue weighted by atomic mass is 16.4. The number of rotatable bonds is 4. The van der Waals surface area contributed by atoms with Crippen molar-refractivity contribution in [2.24, 2.45) is 5.92 Å². The number of carbonyl (C=O) groups excluding carboxylic acids is 2. The fourth-order valence-electron chi connectivity index (χ4n) is 1.96. The van der Waals surface area contributed by atoms with Crippen molar-refractivity contribution in [3.8, 4) is 0 Å². The number of carboxylic acid groups (broad SMARTS) is 1. The Morgan fingerprint density at radius 3 is 2.80 bits per heavy atom. The average molecular weight is 277 g/mol.